The Morgan fingerprint density at radius 1 is 1.50 bits per heavy atom. The fourth-order valence-corrected chi connectivity index (χ4v) is 2.02. The van der Waals surface area contributed by atoms with Crippen LogP contribution in [0.25, 0.3) is 0 Å². The van der Waals surface area contributed by atoms with Gasteiger partial charge in [-0.05, 0) is 43.9 Å². The van der Waals surface area contributed by atoms with Crippen molar-refractivity contribution in [1.82, 2.24) is 0 Å². The number of rotatable bonds is 3. The van der Waals surface area contributed by atoms with E-state index in [1.807, 2.05) is 13.1 Å². The molecule has 1 aliphatic rings. The van der Waals surface area contributed by atoms with Gasteiger partial charge in [-0.1, -0.05) is 0 Å². The lowest BCUT2D eigenvalue weighted by molar-refractivity contribution is 0.604. The van der Waals surface area contributed by atoms with Gasteiger partial charge in [0.25, 0.3) is 0 Å². The Labute approximate surface area is 95.3 Å². The van der Waals surface area contributed by atoms with E-state index in [9.17, 15) is 4.39 Å². The number of nitriles is 1. The fraction of sp³-hybridized carbons (Fsp3) is 0.462. The molecular weight excluding hydrogens is 203 g/mol. The second-order valence-electron chi connectivity index (χ2n) is 4.46. The molecule has 0 aromatic heterocycles. The molecule has 0 radical (unpaired) electrons. The smallest absolute Gasteiger partial charge is 0.124 e. The highest BCUT2D eigenvalue weighted by Gasteiger charge is 2.31. The molecular formula is C13H15FN2. The molecule has 0 heterocycles. The maximum absolute atomic E-state index is 13.0. The van der Waals surface area contributed by atoms with Crippen LogP contribution in [0.15, 0.2) is 18.2 Å². The van der Waals surface area contributed by atoms with Gasteiger partial charge in [0, 0.05) is 13.1 Å². The van der Waals surface area contributed by atoms with Gasteiger partial charge in [0.1, 0.15) is 11.9 Å². The number of hydrogen-bond acceptors (Lipinski definition) is 2. The summed E-state index contributed by atoms with van der Waals surface area (Å²) in [6.07, 6.45) is 2.52. The zero-order valence-electron chi connectivity index (χ0n) is 9.57. The molecule has 84 valence electrons. The van der Waals surface area contributed by atoms with E-state index in [4.69, 9.17) is 5.26 Å². The quantitative estimate of drug-likeness (QED) is 0.780. The third-order valence-corrected chi connectivity index (χ3v) is 3.37. The normalized spacial score (nSPS) is 16.6. The second kappa shape index (κ2) is 4.13. The molecule has 16 heavy (non-hydrogen) atoms. The first-order valence-electron chi connectivity index (χ1n) is 5.56. The SMILES string of the molecule is CC(C1CC1)N(C)c1ccc(F)cc1C#N. The van der Waals surface area contributed by atoms with Crippen molar-refractivity contribution in [3.8, 4) is 6.07 Å². The molecule has 1 aliphatic carbocycles. The number of benzene rings is 1. The van der Waals surface area contributed by atoms with Gasteiger partial charge >= 0.3 is 0 Å². The lowest BCUT2D eigenvalue weighted by atomic mass is 10.1. The molecule has 1 atom stereocenters. The Bertz CT molecular complexity index is 432. The van der Waals surface area contributed by atoms with E-state index in [1.54, 1.807) is 6.07 Å². The van der Waals surface area contributed by atoms with Crippen LogP contribution < -0.4 is 4.90 Å². The maximum Gasteiger partial charge on any atom is 0.124 e. The molecule has 0 aliphatic heterocycles. The second-order valence-corrected chi connectivity index (χ2v) is 4.46. The molecule has 0 saturated heterocycles. The highest BCUT2D eigenvalue weighted by atomic mass is 19.1. The summed E-state index contributed by atoms with van der Waals surface area (Å²) in [4.78, 5) is 2.08. The summed E-state index contributed by atoms with van der Waals surface area (Å²) >= 11 is 0. The van der Waals surface area contributed by atoms with Crippen LogP contribution in [0.5, 0.6) is 0 Å². The Balaban J connectivity index is 2.28. The Hall–Kier alpha value is -1.56. The summed E-state index contributed by atoms with van der Waals surface area (Å²) in [6, 6.07) is 6.86. The Kier molecular flexibility index (Phi) is 2.82. The van der Waals surface area contributed by atoms with Crippen LogP contribution in [0.1, 0.15) is 25.3 Å². The summed E-state index contributed by atoms with van der Waals surface area (Å²) in [5.74, 6) is 0.370. The lowest BCUT2D eigenvalue weighted by Gasteiger charge is -2.27. The molecule has 3 heteroatoms. The average Bonchev–Trinajstić information content (AvgIpc) is 3.10. The summed E-state index contributed by atoms with van der Waals surface area (Å²) < 4.78 is 13.0. The summed E-state index contributed by atoms with van der Waals surface area (Å²) in [5.41, 5.74) is 1.23. The molecule has 0 bridgehead atoms. The minimum atomic E-state index is -0.354. The van der Waals surface area contributed by atoms with E-state index >= 15 is 0 Å². The Morgan fingerprint density at radius 2 is 2.19 bits per heavy atom. The van der Waals surface area contributed by atoms with Crippen LogP contribution in [0.2, 0.25) is 0 Å². The van der Waals surface area contributed by atoms with Crippen LogP contribution in [0.3, 0.4) is 0 Å². The standard InChI is InChI=1S/C13H15FN2/c1-9(10-3-4-10)16(2)13-6-5-12(14)7-11(13)8-15/h5-7,9-10H,3-4H2,1-2H3. The molecule has 2 rings (SSSR count). The van der Waals surface area contributed by atoms with E-state index in [1.165, 1.54) is 25.0 Å². The summed E-state index contributed by atoms with van der Waals surface area (Å²) in [7, 11) is 1.97. The van der Waals surface area contributed by atoms with E-state index in [-0.39, 0.29) is 5.82 Å². The van der Waals surface area contributed by atoms with Gasteiger partial charge in [0.2, 0.25) is 0 Å². The molecule has 0 N–H and O–H groups in total. The van der Waals surface area contributed by atoms with Crippen molar-refractivity contribution >= 4 is 5.69 Å². The van der Waals surface area contributed by atoms with Crippen LogP contribution in [-0.2, 0) is 0 Å². The molecule has 1 aromatic carbocycles. The van der Waals surface area contributed by atoms with Crippen molar-refractivity contribution < 1.29 is 4.39 Å². The average molecular weight is 218 g/mol. The van der Waals surface area contributed by atoms with Gasteiger partial charge < -0.3 is 4.90 Å². The monoisotopic (exact) mass is 218 g/mol. The van der Waals surface area contributed by atoms with Crippen LogP contribution in [0, 0.1) is 23.1 Å². The zero-order chi connectivity index (χ0) is 11.7. The van der Waals surface area contributed by atoms with E-state index in [0.29, 0.717) is 11.6 Å². The van der Waals surface area contributed by atoms with Crippen LogP contribution in [0.4, 0.5) is 10.1 Å². The molecule has 0 amide bonds. The Morgan fingerprint density at radius 3 is 2.75 bits per heavy atom. The molecule has 1 saturated carbocycles. The number of hydrogen-bond donors (Lipinski definition) is 0. The largest absolute Gasteiger partial charge is 0.371 e. The minimum Gasteiger partial charge on any atom is -0.371 e. The van der Waals surface area contributed by atoms with Crippen LogP contribution >= 0.6 is 0 Å². The molecule has 1 aromatic rings. The highest BCUT2D eigenvalue weighted by Crippen LogP contribution is 2.36. The van der Waals surface area contributed by atoms with Crippen molar-refractivity contribution in [2.75, 3.05) is 11.9 Å². The summed E-state index contributed by atoms with van der Waals surface area (Å²) in [6.45, 7) is 2.15. The van der Waals surface area contributed by atoms with E-state index in [2.05, 4.69) is 11.8 Å². The van der Waals surface area contributed by atoms with Crippen molar-refractivity contribution in [3.05, 3.63) is 29.6 Å². The van der Waals surface area contributed by atoms with Gasteiger partial charge in [-0.3, -0.25) is 0 Å². The zero-order valence-corrected chi connectivity index (χ0v) is 9.57. The van der Waals surface area contributed by atoms with E-state index < -0.39 is 0 Å². The van der Waals surface area contributed by atoms with Crippen molar-refractivity contribution in [1.29, 1.82) is 5.26 Å². The van der Waals surface area contributed by atoms with Gasteiger partial charge in [-0.15, -0.1) is 0 Å². The first-order chi connectivity index (χ1) is 7.63. The topological polar surface area (TPSA) is 27.0 Å². The van der Waals surface area contributed by atoms with Crippen molar-refractivity contribution in [2.24, 2.45) is 5.92 Å². The predicted molar refractivity (Wildman–Crippen MR) is 61.7 cm³/mol. The first kappa shape index (κ1) is 10.9. The van der Waals surface area contributed by atoms with Gasteiger partial charge in [-0.25, -0.2) is 4.39 Å². The third kappa shape index (κ3) is 2.01. The van der Waals surface area contributed by atoms with Gasteiger partial charge in [0.05, 0.1) is 11.3 Å². The highest BCUT2D eigenvalue weighted by molar-refractivity contribution is 5.59. The fourth-order valence-electron chi connectivity index (χ4n) is 2.02. The first-order valence-corrected chi connectivity index (χ1v) is 5.56. The van der Waals surface area contributed by atoms with Gasteiger partial charge in [0.15, 0.2) is 0 Å². The van der Waals surface area contributed by atoms with Crippen molar-refractivity contribution in [3.63, 3.8) is 0 Å². The predicted octanol–water partition coefficient (Wildman–Crippen LogP) is 2.93. The molecule has 1 unspecified atom stereocenters. The number of halogens is 1. The number of nitrogens with zero attached hydrogens (tertiary/aromatic N) is 2. The van der Waals surface area contributed by atoms with E-state index in [0.717, 1.165) is 11.6 Å². The maximum atomic E-state index is 13.0. The number of anilines is 1. The van der Waals surface area contributed by atoms with Gasteiger partial charge in [-0.2, -0.15) is 5.26 Å². The molecule has 1 fully saturated rings. The van der Waals surface area contributed by atoms with Crippen LogP contribution in [-0.4, -0.2) is 13.1 Å². The molecule has 2 nitrogen and oxygen atoms in total. The minimum absolute atomic E-state index is 0.354. The third-order valence-electron chi connectivity index (χ3n) is 3.37. The van der Waals surface area contributed by atoms with Crippen molar-refractivity contribution in [2.45, 2.75) is 25.8 Å². The molecule has 0 spiro atoms. The summed E-state index contributed by atoms with van der Waals surface area (Å²) in [5, 5.41) is 8.98. The lowest BCUT2D eigenvalue weighted by Crippen LogP contribution is -2.31.